The fourth-order valence-electron chi connectivity index (χ4n) is 2.50. The highest BCUT2D eigenvalue weighted by Crippen LogP contribution is 2.41. The van der Waals surface area contributed by atoms with Crippen LogP contribution in [0, 0.1) is 0 Å². The topological polar surface area (TPSA) is 29.3 Å². The first-order valence-electron chi connectivity index (χ1n) is 5.29. The number of nitrogens with two attached hydrogens (primary N) is 1. The van der Waals surface area contributed by atoms with Gasteiger partial charge in [0.2, 0.25) is 0 Å². The molecule has 2 nitrogen and oxygen atoms in total. The second-order valence-electron chi connectivity index (χ2n) is 4.37. The first kappa shape index (κ1) is 8.52. The Morgan fingerprint density at radius 3 is 2.75 bits per heavy atom. The average Bonchev–Trinajstić information content (AvgIpc) is 2.85. The third-order valence-electron chi connectivity index (χ3n) is 3.51. The molecule has 2 rings (SSSR count). The molecule has 2 N–H and O–H groups in total. The van der Waals surface area contributed by atoms with E-state index in [1.807, 2.05) is 0 Å². The van der Waals surface area contributed by atoms with E-state index in [1.54, 1.807) is 0 Å². The Hall–Kier alpha value is -0.0800. The van der Waals surface area contributed by atoms with Crippen LogP contribution in [-0.4, -0.2) is 29.6 Å². The predicted molar refractivity (Wildman–Crippen MR) is 51.0 cm³/mol. The fraction of sp³-hybridized carbons (Fsp3) is 1.00. The molecule has 0 aromatic carbocycles. The van der Waals surface area contributed by atoms with Gasteiger partial charge in [-0.3, -0.25) is 4.90 Å². The van der Waals surface area contributed by atoms with Crippen molar-refractivity contribution in [3.63, 3.8) is 0 Å². The molecule has 1 saturated heterocycles. The molecule has 1 heterocycles. The van der Waals surface area contributed by atoms with Gasteiger partial charge in [0.05, 0.1) is 0 Å². The number of hydrogen-bond acceptors (Lipinski definition) is 2. The molecule has 12 heavy (non-hydrogen) atoms. The maximum absolute atomic E-state index is 6.25. The molecule has 1 saturated carbocycles. The maximum atomic E-state index is 6.25. The van der Waals surface area contributed by atoms with Crippen LogP contribution in [0.15, 0.2) is 0 Å². The Morgan fingerprint density at radius 2 is 2.17 bits per heavy atom. The van der Waals surface area contributed by atoms with E-state index in [4.69, 9.17) is 5.73 Å². The number of likely N-dealkylation sites (N-methyl/N-ethyl adjacent to an activating group) is 1. The molecule has 1 unspecified atom stereocenters. The minimum Gasteiger partial charge on any atom is -0.324 e. The van der Waals surface area contributed by atoms with Gasteiger partial charge in [-0.05, 0) is 38.8 Å². The van der Waals surface area contributed by atoms with Crippen LogP contribution in [-0.2, 0) is 0 Å². The summed E-state index contributed by atoms with van der Waals surface area (Å²) in [5, 5.41) is 0. The molecular formula is C10H20N2. The van der Waals surface area contributed by atoms with Gasteiger partial charge in [0.1, 0.15) is 0 Å². The minimum atomic E-state index is 0.219. The zero-order chi connectivity index (χ0) is 8.60. The second-order valence-corrected chi connectivity index (χ2v) is 4.37. The van der Waals surface area contributed by atoms with Crippen molar-refractivity contribution in [2.75, 3.05) is 13.1 Å². The zero-order valence-electron chi connectivity index (χ0n) is 8.05. The molecule has 1 atom stereocenters. The minimum absolute atomic E-state index is 0.219. The Kier molecular flexibility index (Phi) is 2.13. The van der Waals surface area contributed by atoms with E-state index >= 15 is 0 Å². The largest absolute Gasteiger partial charge is 0.324 e. The Morgan fingerprint density at radius 1 is 1.42 bits per heavy atom. The fourth-order valence-corrected chi connectivity index (χ4v) is 2.50. The highest BCUT2D eigenvalue weighted by atomic mass is 15.2. The lowest BCUT2D eigenvalue weighted by Crippen LogP contribution is -2.51. The van der Waals surface area contributed by atoms with Crippen molar-refractivity contribution in [1.29, 1.82) is 0 Å². The first-order valence-corrected chi connectivity index (χ1v) is 5.29. The summed E-state index contributed by atoms with van der Waals surface area (Å²) >= 11 is 0. The Bertz CT molecular complexity index is 163. The quantitative estimate of drug-likeness (QED) is 0.674. The van der Waals surface area contributed by atoms with Gasteiger partial charge in [0.25, 0.3) is 0 Å². The van der Waals surface area contributed by atoms with E-state index in [9.17, 15) is 0 Å². The number of likely N-dealkylation sites (tertiary alicyclic amines) is 1. The van der Waals surface area contributed by atoms with Gasteiger partial charge in [-0.15, -0.1) is 0 Å². The summed E-state index contributed by atoms with van der Waals surface area (Å²) in [6, 6.07) is 0.705. The maximum Gasteiger partial charge on any atom is 0.0313 e. The number of rotatable bonds is 2. The molecule has 2 aliphatic rings. The smallest absolute Gasteiger partial charge is 0.0313 e. The summed E-state index contributed by atoms with van der Waals surface area (Å²) in [7, 11) is 0. The van der Waals surface area contributed by atoms with Crippen LogP contribution >= 0.6 is 0 Å². The molecule has 0 bridgehead atoms. The van der Waals surface area contributed by atoms with E-state index in [0.29, 0.717) is 6.04 Å². The van der Waals surface area contributed by atoms with E-state index in [0.717, 1.165) is 0 Å². The second kappa shape index (κ2) is 3.00. The van der Waals surface area contributed by atoms with Crippen molar-refractivity contribution in [1.82, 2.24) is 4.90 Å². The molecule has 2 fully saturated rings. The van der Waals surface area contributed by atoms with Crippen LogP contribution in [0.4, 0.5) is 0 Å². The third kappa shape index (κ3) is 1.38. The van der Waals surface area contributed by atoms with Gasteiger partial charge in [-0.2, -0.15) is 0 Å². The molecule has 2 heteroatoms. The molecule has 70 valence electrons. The SMILES string of the molecule is CCN1CCCCC1C1(N)CC1. The molecule has 0 spiro atoms. The number of piperidine rings is 1. The normalized spacial score (nSPS) is 35.0. The zero-order valence-corrected chi connectivity index (χ0v) is 8.05. The van der Waals surface area contributed by atoms with Crippen LogP contribution in [0.3, 0.4) is 0 Å². The summed E-state index contributed by atoms with van der Waals surface area (Å²) in [5.74, 6) is 0. The van der Waals surface area contributed by atoms with Crippen LogP contribution in [0.2, 0.25) is 0 Å². The summed E-state index contributed by atoms with van der Waals surface area (Å²) in [5.41, 5.74) is 6.46. The van der Waals surface area contributed by atoms with Crippen LogP contribution < -0.4 is 5.73 Å². The monoisotopic (exact) mass is 168 g/mol. The van der Waals surface area contributed by atoms with E-state index in [-0.39, 0.29) is 5.54 Å². The van der Waals surface area contributed by atoms with Crippen molar-refractivity contribution in [3.8, 4) is 0 Å². The molecule has 1 aliphatic heterocycles. The molecule has 0 radical (unpaired) electrons. The summed E-state index contributed by atoms with van der Waals surface area (Å²) in [6.45, 7) is 4.72. The van der Waals surface area contributed by atoms with Crippen molar-refractivity contribution < 1.29 is 0 Å². The van der Waals surface area contributed by atoms with E-state index in [2.05, 4.69) is 11.8 Å². The standard InChI is InChI=1S/C10H20N2/c1-2-12-8-4-3-5-9(12)10(11)6-7-10/h9H,2-8,11H2,1H3. The Labute approximate surface area is 75.1 Å². The van der Waals surface area contributed by atoms with Crippen LogP contribution in [0.5, 0.6) is 0 Å². The lowest BCUT2D eigenvalue weighted by molar-refractivity contribution is 0.125. The summed E-state index contributed by atoms with van der Waals surface area (Å²) in [6.07, 6.45) is 6.62. The van der Waals surface area contributed by atoms with E-state index in [1.165, 1.54) is 45.2 Å². The number of hydrogen-bond donors (Lipinski definition) is 1. The lowest BCUT2D eigenvalue weighted by atomic mass is 9.94. The Balaban J connectivity index is 2.00. The van der Waals surface area contributed by atoms with Gasteiger partial charge in [-0.1, -0.05) is 13.3 Å². The van der Waals surface area contributed by atoms with Crippen molar-refractivity contribution in [2.24, 2.45) is 5.73 Å². The van der Waals surface area contributed by atoms with E-state index < -0.39 is 0 Å². The lowest BCUT2D eigenvalue weighted by Gasteiger charge is -2.38. The molecule has 0 aromatic heterocycles. The number of nitrogens with zero attached hydrogens (tertiary/aromatic N) is 1. The van der Waals surface area contributed by atoms with Crippen LogP contribution in [0.1, 0.15) is 39.0 Å². The molecule has 1 aliphatic carbocycles. The van der Waals surface area contributed by atoms with Gasteiger partial charge in [-0.25, -0.2) is 0 Å². The summed E-state index contributed by atoms with van der Waals surface area (Å²) in [4.78, 5) is 2.58. The van der Waals surface area contributed by atoms with Crippen LogP contribution in [0.25, 0.3) is 0 Å². The van der Waals surface area contributed by atoms with Gasteiger partial charge in [0.15, 0.2) is 0 Å². The first-order chi connectivity index (χ1) is 5.76. The van der Waals surface area contributed by atoms with Gasteiger partial charge in [0, 0.05) is 11.6 Å². The molecule has 0 aromatic rings. The van der Waals surface area contributed by atoms with Gasteiger partial charge < -0.3 is 5.73 Å². The van der Waals surface area contributed by atoms with Crippen molar-refractivity contribution in [3.05, 3.63) is 0 Å². The average molecular weight is 168 g/mol. The third-order valence-corrected chi connectivity index (χ3v) is 3.51. The highest BCUT2D eigenvalue weighted by Gasteiger charge is 2.48. The van der Waals surface area contributed by atoms with Crippen molar-refractivity contribution >= 4 is 0 Å². The molecule has 0 amide bonds. The summed E-state index contributed by atoms with van der Waals surface area (Å²) < 4.78 is 0. The highest BCUT2D eigenvalue weighted by molar-refractivity contribution is 5.09. The van der Waals surface area contributed by atoms with Gasteiger partial charge >= 0.3 is 0 Å². The van der Waals surface area contributed by atoms with Crippen molar-refractivity contribution in [2.45, 2.75) is 50.6 Å². The predicted octanol–water partition coefficient (Wildman–Crippen LogP) is 1.35. The molecular weight excluding hydrogens is 148 g/mol.